The van der Waals surface area contributed by atoms with Crippen LogP contribution < -0.4 is 10.5 Å². The van der Waals surface area contributed by atoms with Gasteiger partial charge in [0.25, 0.3) is 0 Å². The van der Waals surface area contributed by atoms with E-state index in [2.05, 4.69) is 36.7 Å². The average molecular weight is 286 g/mol. The third kappa shape index (κ3) is 3.80. The third-order valence-electron chi connectivity index (χ3n) is 2.39. The van der Waals surface area contributed by atoms with E-state index in [1.807, 2.05) is 18.2 Å². The summed E-state index contributed by atoms with van der Waals surface area (Å²) in [5.74, 6) is 1.43. The minimum Gasteiger partial charge on any atom is -0.493 e. The SMILES string of the molecule is CCC(N)c1cc(OCC(C)C)ccc1Br. The quantitative estimate of drug-likeness (QED) is 0.891. The van der Waals surface area contributed by atoms with Gasteiger partial charge in [-0.3, -0.25) is 0 Å². The molecule has 1 rings (SSSR count). The highest BCUT2D eigenvalue weighted by atomic mass is 79.9. The smallest absolute Gasteiger partial charge is 0.119 e. The van der Waals surface area contributed by atoms with Crippen molar-refractivity contribution in [2.75, 3.05) is 6.61 Å². The highest BCUT2D eigenvalue weighted by molar-refractivity contribution is 9.10. The predicted octanol–water partition coefficient (Wildman–Crippen LogP) is 3.89. The zero-order valence-corrected chi connectivity index (χ0v) is 11.8. The molecule has 0 radical (unpaired) electrons. The summed E-state index contributed by atoms with van der Waals surface area (Å²) in [6.07, 6.45) is 0.923. The van der Waals surface area contributed by atoms with E-state index >= 15 is 0 Å². The van der Waals surface area contributed by atoms with Crippen LogP contribution in [0.3, 0.4) is 0 Å². The van der Waals surface area contributed by atoms with E-state index in [-0.39, 0.29) is 6.04 Å². The summed E-state index contributed by atoms with van der Waals surface area (Å²) >= 11 is 3.52. The van der Waals surface area contributed by atoms with Gasteiger partial charge < -0.3 is 10.5 Å². The molecule has 0 saturated carbocycles. The highest BCUT2D eigenvalue weighted by Crippen LogP contribution is 2.28. The van der Waals surface area contributed by atoms with Crippen molar-refractivity contribution in [3.8, 4) is 5.75 Å². The Hall–Kier alpha value is -0.540. The van der Waals surface area contributed by atoms with Crippen LogP contribution in [-0.4, -0.2) is 6.61 Å². The first kappa shape index (κ1) is 13.5. The van der Waals surface area contributed by atoms with Gasteiger partial charge in [0, 0.05) is 10.5 Å². The van der Waals surface area contributed by atoms with Crippen LogP contribution in [0.15, 0.2) is 22.7 Å². The van der Waals surface area contributed by atoms with E-state index in [0.29, 0.717) is 5.92 Å². The fraction of sp³-hybridized carbons (Fsp3) is 0.538. The summed E-state index contributed by atoms with van der Waals surface area (Å²) in [5, 5.41) is 0. The Kier molecular flexibility index (Phi) is 5.29. The van der Waals surface area contributed by atoms with E-state index in [0.717, 1.165) is 28.8 Å². The van der Waals surface area contributed by atoms with Crippen molar-refractivity contribution >= 4 is 15.9 Å². The normalized spacial score (nSPS) is 12.9. The fourth-order valence-corrected chi connectivity index (χ4v) is 1.92. The average Bonchev–Trinajstić information content (AvgIpc) is 2.27. The molecule has 1 atom stereocenters. The van der Waals surface area contributed by atoms with E-state index in [4.69, 9.17) is 10.5 Å². The zero-order chi connectivity index (χ0) is 12.1. The van der Waals surface area contributed by atoms with E-state index in [1.165, 1.54) is 0 Å². The second kappa shape index (κ2) is 6.26. The lowest BCUT2D eigenvalue weighted by atomic mass is 10.1. The van der Waals surface area contributed by atoms with Crippen LogP contribution in [0.5, 0.6) is 5.75 Å². The standard InChI is InChI=1S/C13H20BrNO/c1-4-13(15)11-7-10(5-6-12(11)14)16-8-9(2)3/h5-7,9,13H,4,8,15H2,1-3H3. The van der Waals surface area contributed by atoms with E-state index < -0.39 is 0 Å². The molecule has 0 aromatic heterocycles. The lowest BCUT2D eigenvalue weighted by molar-refractivity contribution is 0.270. The number of rotatable bonds is 5. The molecule has 3 heteroatoms. The molecule has 1 unspecified atom stereocenters. The summed E-state index contributed by atoms with van der Waals surface area (Å²) in [7, 11) is 0. The van der Waals surface area contributed by atoms with Gasteiger partial charge in [-0.1, -0.05) is 36.7 Å². The Bertz CT molecular complexity index is 339. The van der Waals surface area contributed by atoms with Crippen molar-refractivity contribution < 1.29 is 4.74 Å². The van der Waals surface area contributed by atoms with Gasteiger partial charge in [0.05, 0.1) is 6.61 Å². The maximum absolute atomic E-state index is 6.03. The molecule has 0 aliphatic heterocycles. The number of benzene rings is 1. The summed E-state index contributed by atoms with van der Waals surface area (Å²) in [6.45, 7) is 7.09. The number of ether oxygens (including phenoxy) is 1. The molecule has 0 aliphatic carbocycles. The van der Waals surface area contributed by atoms with Crippen molar-refractivity contribution in [3.63, 3.8) is 0 Å². The van der Waals surface area contributed by atoms with Crippen molar-refractivity contribution in [3.05, 3.63) is 28.2 Å². The van der Waals surface area contributed by atoms with Crippen LogP contribution in [0.1, 0.15) is 38.8 Å². The second-order valence-corrected chi connectivity index (χ2v) is 5.26. The van der Waals surface area contributed by atoms with Crippen LogP contribution in [0, 0.1) is 5.92 Å². The molecule has 1 aromatic carbocycles. The van der Waals surface area contributed by atoms with Crippen molar-refractivity contribution in [2.45, 2.75) is 33.2 Å². The molecule has 2 nitrogen and oxygen atoms in total. The van der Waals surface area contributed by atoms with Gasteiger partial charge in [0.1, 0.15) is 5.75 Å². The summed E-state index contributed by atoms with van der Waals surface area (Å²) in [4.78, 5) is 0. The maximum atomic E-state index is 6.03. The molecule has 0 amide bonds. The Morgan fingerprint density at radius 1 is 1.38 bits per heavy atom. The third-order valence-corrected chi connectivity index (χ3v) is 3.11. The molecule has 1 aromatic rings. The van der Waals surface area contributed by atoms with Crippen LogP contribution >= 0.6 is 15.9 Å². The van der Waals surface area contributed by atoms with Gasteiger partial charge in [-0.2, -0.15) is 0 Å². The largest absolute Gasteiger partial charge is 0.493 e. The zero-order valence-electron chi connectivity index (χ0n) is 10.2. The summed E-state index contributed by atoms with van der Waals surface area (Å²) in [6, 6.07) is 6.07. The molecule has 0 spiro atoms. The molecule has 0 fully saturated rings. The second-order valence-electron chi connectivity index (χ2n) is 4.40. The van der Waals surface area contributed by atoms with Gasteiger partial charge in [-0.25, -0.2) is 0 Å². The van der Waals surface area contributed by atoms with Crippen molar-refractivity contribution in [1.82, 2.24) is 0 Å². The Morgan fingerprint density at radius 3 is 2.62 bits per heavy atom. The highest BCUT2D eigenvalue weighted by Gasteiger charge is 2.09. The van der Waals surface area contributed by atoms with Crippen molar-refractivity contribution in [1.29, 1.82) is 0 Å². The Balaban J connectivity index is 2.81. The van der Waals surface area contributed by atoms with Gasteiger partial charge in [0.15, 0.2) is 0 Å². The first-order valence-corrected chi connectivity index (χ1v) is 6.51. The molecule has 16 heavy (non-hydrogen) atoms. The van der Waals surface area contributed by atoms with E-state index in [9.17, 15) is 0 Å². The van der Waals surface area contributed by atoms with Crippen LogP contribution in [0.25, 0.3) is 0 Å². The maximum Gasteiger partial charge on any atom is 0.119 e. The first-order valence-electron chi connectivity index (χ1n) is 5.72. The van der Waals surface area contributed by atoms with E-state index in [1.54, 1.807) is 0 Å². The molecule has 0 bridgehead atoms. The van der Waals surface area contributed by atoms with Gasteiger partial charge in [-0.05, 0) is 36.1 Å². The molecular formula is C13H20BrNO. The monoisotopic (exact) mass is 285 g/mol. The van der Waals surface area contributed by atoms with Gasteiger partial charge >= 0.3 is 0 Å². The summed E-state index contributed by atoms with van der Waals surface area (Å²) in [5.41, 5.74) is 7.15. The van der Waals surface area contributed by atoms with Crippen molar-refractivity contribution in [2.24, 2.45) is 11.7 Å². The van der Waals surface area contributed by atoms with Gasteiger partial charge in [-0.15, -0.1) is 0 Å². The Morgan fingerprint density at radius 2 is 2.06 bits per heavy atom. The summed E-state index contributed by atoms with van der Waals surface area (Å²) < 4.78 is 6.74. The molecule has 0 heterocycles. The number of hydrogen-bond donors (Lipinski definition) is 1. The number of hydrogen-bond acceptors (Lipinski definition) is 2. The van der Waals surface area contributed by atoms with Crippen LogP contribution in [-0.2, 0) is 0 Å². The lowest BCUT2D eigenvalue weighted by Gasteiger charge is -2.14. The number of nitrogens with two attached hydrogens (primary N) is 1. The molecule has 0 aliphatic rings. The fourth-order valence-electron chi connectivity index (χ4n) is 1.38. The minimum absolute atomic E-state index is 0.0666. The molecular weight excluding hydrogens is 266 g/mol. The molecule has 2 N–H and O–H groups in total. The topological polar surface area (TPSA) is 35.2 Å². The molecule has 0 saturated heterocycles. The first-order chi connectivity index (χ1) is 7.54. The lowest BCUT2D eigenvalue weighted by Crippen LogP contribution is -2.10. The number of halogens is 1. The van der Waals surface area contributed by atoms with Crippen LogP contribution in [0.4, 0.5) is 0 Å². The molecule has 90 valence electrons. The van der Waals surface area contributed by atoms with Crippen LogP contribution in [0.2, 0.25) is 0 Å². The minimum atomic E-state index is 0.0666. The predicted molar refractivity (Wildman–Crippen MR) is 71.7 cm³/mol. The Labute approximate surface area is 106 Å². The van der Waals surface area contributed by atoms with Gasteiger partial charge in [0.2, 0.25) is 0 Å².